The Balaban J connectivity index is 2.02. The topological polar surface area (TPSA) is 50.2 Å². The number of anilines is 1. The van der Waals surface area contributed by atoms with E-state index in [0.717, 1.165) is 39.4 Å². The highest BCUT2D eigenvalue weighted by Gasteiger charge is 2.12. The first-order chi connectivity index (χ1) is 16.4. The van der Waals surface area contributed by atoms with Crippen LogP contribution < -0.4 is 5.32 Å². The second-order valence-electron chi connectivity index (χ2n) is 8.16. The van der Waals surface area contributed by atoms with Crippen LogP contribution in [0.25, 0.3) is 11.3 Å². The van der Waals surface area contributed by atoms with E-state index in [-0.39, 0.29) is 11.9 Å². The summed E-state index contributed by atoms with van der Waals surface area (Å²) in [5, 5.41) is 3.37. The minimum Gasteiger partial charge on any atom is -0.348 e. The molecule has 5 heteroatoms. The Morgan fingerprint density at radius 2 is 1.71 bits per heavy atom. The van der Waals surface area contributed by atoms with Crippen LogP contribution in [0.2, 0.25) is 0 Å². The van der Waals surface area contributed by atoms with Crippen molar-refractivity contribution < 1.29 is 4.39 Å². The minimum absolute atomic E-state index is 0.0531. The monoisotopic (exact) mass is 454 g/mol. The molecule has 0 aliphatic rings. The number of nitrogens with zero attached hydrogens (tertiary/aromatic N) is 3. The van der Waals surface area contributed by atoms with Crippen molar-refractivity contribution in [3.8, 4) is 0 Å². The minimum atomic E-state index is -0.284. The number of aromatic nitrogens is 2. The molecule has 3 rings (SSSR count). The summed E-state index contributed by atoms with van der Waals surface area (Å²) in [6.07, 6.45) is 7.78. The fraction of sp³-hybridized carbons (Fsp3) is 0.207. The van der Waals surface area contributed by atoms with Crippen LogP contribution >= 0.6 is 0 Å². The first-order valence-corrected chi connectivity index (χ1v) is 11.4. The largest absolute Gasteiger partial charge is 0.348 e. The summed E-state index contributed by atoms with van der Waals surface area (Å²) in [5.74, 6) is 0.255. The van der Waals surface area contributed by atoms with Gasteiger partial charge in [-0.05, 0) is 82.2 Å². The first kappa shape index (κ1) is 24.8. The molecule has 0 aliphatic carbocycles. The number of hydrogen-bond donors (Lipinski definition) is 1. The maximum atomic E-state index is 13.6. The van der Waals surface area contributed by atoms with E-state index < -0.39 is 0 Å². The molecular formula is C29H31FN4. The molecule has 0 radical (unpaired) electrons. The number of halogens is 1. The van der Waals surface area contributed by atoms with Gasteiger partial charge in [0.05, 0.1) is 17.4 Å². The van der Waals surface area contributed by atoms with Crippen LogP contribution in [0, 0.1) is 5.82 Å². The van der Waals surface area contributed by atoms with Crippen molar-refractivity contribution in [3.05, 3.63) is 113 Å². The quantitative estimate of drug-likeness (QED) is 0.281. The normalized spacial score (nSPS) is 14.2. The van der Waals surface area contributed by atoms with Crippen LogP contribution in [0.3, 0.4) is 0 Å². The Hall–Kier alpha value is -3.86. The van der Waals surface area contributed by atoms with E-state index in [1.165, 1.54) is 12.1 Å². The Morgan fingerprint density at radius 3 is 2.38 bits per heavy atom. The molecule has 2 aromatic carbocycles. The highest BCUT2D eigenvalue weighted by Crippen LogP contribution is 2.28. The Morgan fingerprint density at radius 1 is 1.00 bits per heavy atom. The molecule has 34 heavy (non-hydrogen) atoms. The molecule has 1 aromatic heterocycles. The standard InChI is InChI=1S/C29H31FN4/c1-6-10-20(2)19-21(3)32-28(25-13-15-26(30)16-14-25)22(4)27-17-18-31-29(34-27)33-23(5)24-11-8-7-9-12-24/h6-19,23H,1-5H3,(H,31,33,34)/b10-6-,20-19-,28-22+,32-21+/t23-/m0/s1. The van der Waals surface area contributed by atoms with Gasteiger partial charge in [0, 0.05) is 23.0 Å². The maximum absolute atomic E-state index is 13.6. The molecule has 3 aromatic rings. The van der Waals surface area contributed by atoms with Gasteiger partial charge >= 0.3 is 0 Å². The van der Waals surface area contributed by atoms with Crippen molar-refractivity contribution in [3.63, 3.8) is 0 Å². The lowest BCUT2D eigenvalue weighted by Crippen LogP contribution is -2.10. The average molecular weight is 455 g/mol. The summed E-state index contributed by atoms with van der Waals surface area (Å²) in [6.45, 7) is 10.0. The van der Waals surface area contributed by atoms with Crippen LogP contribution in [0.1, 0.15) is 57.5 Å². The lowest BCUT2D eigenvalue weighted by Gasteiger charge is -2.15. The van der Waals surface area contributed by atoms with E-state index in [0.29, 0.717) is 5.95 Å². The molecular weight excluding hydrogens is 423 g/mol. The smallest absolute Gasteiger partial charge is 0.223 e. The summed E-state index contributed by atoms with van der Waals surface area (Å²) >= 11 is 0. The van der Waals surface area contributed by atoms with Crippen molar-refractivity contribution in [1.82, 2.24) is 9.97 Å². The zero-order valence-electron chi connectivity index (χ0n) is 20.4. The van der Waals surface area contributed by atoms with E-state index in [2.05, 4.69) is 29.4 Å². The molecule has 0 spiro atoms. The number of nitrogens with one attached hydrogen (secondary N) is 1. The van der Waals surface area contributed by atoms with Crippen molar-refractivity contribution in [1.29, 1.82) is 0 Å². The lowest BCUT2D eigenvalue weighted by atomic mass is 10.0. The first-order valence-electron chi connectivity index (χ1n) is 11.4. The van der Waals surface area contributed by atoms with Gasteiger partial charge in [-0.3, -0.25) is 4.99 Å². The molecule has 4 nitrogen and oxygen atoms in total. The fourth-order valence-corrected chi connectivity index (χ4v) is 3.60. The van der Waals surface area contributed by atoms with Crippen molar-refractivity contribution in [2.75, 3.05) is 5.32 Å². The molecule has 0 aliphatic heterocycles. The maximum Gasteiger partial charge on any atom is 0.223 e. The van der Waals surface area contributed by atoms with Crippen LogP contribution in [0.4, 0.5) is 10.3 Å². The highest BCUT2D eigenvalue weighted by molar-refractivity contribution is 6.01. The van der Waals surface area contributed by atoms with E-state index in [1.807, 2.05) is 70.2 Å². The third-order valence-corrected chi connectivity index (χ3v) is 5.31. The van der Waals surface area contributed by atoms with Crippen LogP contribution in [0.15, 0.2) is 95.7 Å². The number of aliphatic imine (C=N–C) groups is 1. The molecule has 1 heterocycles. The van der Waals surface area contributed by atoms with Crippen LogP contribution in [-0.4, -0.2) is 15.7 Å². The zero-order valence-corrected chi connectivity index (χ0v) is 20.4. The van der Waals surface area contributed by atoms with Gasteiger partial charge in [-0.15, -0.1) is 0 Å². The van der Waals surface area contributed by atoms with E-state index in [9.17, 15) is 4.39 Å². The molecule has 1 N–H and O–H groups in total. The predicted octanol–water partition coefficient (Wildman–Crippen LogP) is 7.66. The molecule has 0 fully saturated rings. The number of hydrogen-bond acceptors (Lipinski definition) is 4. The predicted molar refractivity (Wildman–Crippen MR) is 141 cm³/mol. The summed E-state index contributed by atoms with van der Waals surface area (Å²) < 4.78 is 13.6. The molecule has 0 bridgehead atoms. The molecule has 0 saturated heterocycles. The lowest BCUT2D eigenvalue weighted by molar-refractivity contribution is 0.627. The summed E-state index contributed by atoms with van der Waals surface area (Å²) in [4.78, 5) is 14.1. The molecule has 1 atom stereocenters. The molecule has 174 valence electrons. The van der Waals surface area contributed by atoms with Gasteiger partial charge in [0.1, 0.15) is 5.82 Å². The fourth-order valence-electron chi connectivity index (χ4n) is 3.60. The molecule has 0 unspecified atom stereocenters. The van der Waals surface area contributed by atoms with E-state index in [4.69, 9.17) is 9.98 Å². The van der Waals surface area contributed by atoms with Crippen LogP contribution in [-0.2, 0) is 0 Å². The van der Waals surface area contributed by atoms with Crippen LogP contribution in [0.5, 0.6) is 0 Å². The van der Waals surface area contributed by atoms with Gasteiger partial charge in [0.15, 0.2) is 0 Å². The molecule has 0 saturated carbocycles. The Bertz CT molecular complexity index is 1220. The van der Waals surface area contributed by atoms with Gasteiger partial charge in [-0.1, -0.05) is 42.5 Å². The Kier molecular flexibility index (Phi) is 8.63. The number of rotatable bonds is 8. The van der Waals surface area contributed by atoms with E-state index in [1.54, 1.807) is 18.3 Å². The third-order valence-electron chi connectivity index (χ3n) is 5.31. The van der Waals surface area contributed by atoms with Gasteiger partial charge < -0.3 is 5.32 Å². The van der Waals surface area contributed by atoms with Gasteiger partial charge in [-0.2, -0.15) is 0 Å². The Labute approximate surface area is 201 Å². The van der Waals surface area contributed by atoms with E-state index >= 15 is 0 Å². The SMILES string of the molecule is C\C=C/C(C)=C\C(C)=N\C(=C(/C)c1ccnc(N[C@@H](C)c2ccccc2)n1)c1ccc(F)cc1. The number of benzene rings is 2. The van der Waals surface area contributed by atoms with Gasteiger partial charge in [0.2, 0.25) is 5.95 Å². The summed E-state index contributed by atoms with van der Waals surface area (Å²) in [5.41, 5.74) is 6.29. The van der Waals surface area contributed by atoms with Gasteiger partial charge in [-0.25, -0.2) is 14.4 Å². The van der Waals surface area contributed by atoms with Crippen molar-refractivity contribution in [2.24, 2.45) is 4.99 Å². The second-order valence-corrected chi connectivity index (χ2v) is 8.16. The third kappa shape index (κ3) is 6.82. The number of allylic oxidation sites excluding steroid dienone is 5. The van der Waals surface area contributed by atoms with Crippen molar-refractivity contribution in [2.45, 2.75) is 40.7 Å². The summed E-state index contributed by atoms with van der Waals surface area (Å²) in [7, 11) is 0. The second kappa shape index (κ2) is 11.8. The van der Waals surface area contributed by atoms with Crippen molar-refractivity contribution >= 4 is 22.9 Å². The summed E-state index contributed by atoms with van der Waals surface area (Å²) in [6, 6.07) is 18.5. The van der Waals surface area contributed by atoms with Gasteiger partial charge in [0.25, 0.3) is 0 Å². The average Bonchev–Trinajstić information content (AvgIpc) is 2.83. The highest BCUT2D eigenvalue weighted by atomic mass is 19.1. The molecule has 0 amide bonds. The zero-order chi connectivity index (χ0) is 24.5.